The largest absolute Gasteiger partial charge is 0.369 e. The van der Waals surface area contributed by atoms with E-state index in [4.69, 9.17) is 4.74 Å². The van der Waals surface area contributed by atoms with Crippen LogP contribution in [0.4, 0.5) is 0 Å². The van der Waals surface area contributed by atoms with Gasteiger partial charge >= 0.3 is 0 Å². The first kappa shape index (κ1) is 15.4. The normalized spacial score (nSPS) is 22.7. The van der Waals surface area contributed by atoms with Gasteiger partial charge in [-0.3, -0.25) is 9.59 Å². The molecule has 0 saturated carbocycles. The van der Waals surface area contributed by atoms with Crippen molar-refractivity contribution in [2.75, 3.05) is 37.8 Å². The Kier molecular flexibility index (Phi) is 5.00. The van der Waals surface area contributed by atoms with E-state index in [0.717, 1.165) is 30.2 Å². The van der Waals surface area contributed by atoms with Crippen LogP contribution in [0.3, 0.4) is 0 Å². The van der Waals surface area contributed by atoms with E-state index in [-0.39, 0.29) is 18.4 Å². The fourth-order valence-corrected chi connectivity index (χ4v) is 3.69. The summed E-state index contributed by atoms with van der Waals surface area (Å²) in [7, 11) is 0. The molecule has 0 N–H and O–H groups in total. The molecular formula is C16H20N2O3S. The second-order valence-corrected chi connectivity index (χ2v) is 6.70. The number of thioether (sulfide) groups is 1. The molecule has 1 aromatic carbocycles. The Bertz CT molecular complexity index is 531. The number of hydrogen-bond donors (Lipinski definition) is 0. The van der Waals surface area contributed by atoms with Crippen molar-refractivity contribution in [2.45, 2.75) is 12.6 Å². The van der Waals surface area contributed by atoms with Crippen molar-refractivity contribution in [3.8, 4) is 0 Å². The summed E-state index contributed by atoms with van der Waals surface area (Å²) in [6.45, 7) is 2.33. The van der Waals surface area contributed by atoms with Crippen LogP contribution in [0, 0.1) is 0 Å². The van der Waals surface area contributed by atoms with Crippen LogP contribution in [0.25, 0.3) is 0 Å². The molecule has 2 saturated heterocycles. The number of carbonyl (C=O) groups is 2. The molecule has 2 fully saturated rings. The second-order valence-electron chi connectivity index (χ2n) is 5.48. The van der Waals surface area contributed by atoms with Gasteiger partial charge in [-0.15, -0.1) is 0 Å². The number of morpholine rings is 1. The van der Waals surface area contributed by atoms with Gasteiger partial charge in [0.25, 0.3) is 0 Å². The van der Waals surface area contributed by atoms with Crippen LogP contribution in [-0.4, -0.2) is 65.5 Å². The Morgan fingerprint density at radius 3 is 2.68 bits per heavy atom. The Morgan fingerprint density at radius 1 is 1.23 bits per heavy atom. The monoisotopic (exact) mass is 320 g/mol. The molecule has 3 rings (SSSR count). The summed E-state index contributed by atoms with van der Waals surface area (Å²) >= 11 is 1.86. The Balaban J connectivity index is 1.74. The summed E-state index contributed by atoms with van der Waals surface area (Å²) in [6, 6.07) is 9.28. The average molecular weight is 320 g/mol. The van der Waals surface area contributed by atoms with Gasteiger partial charge in [0.15, 0.2) is 0 Å². The fourth-order valence-electron chi connectivity index (χ4n) is 2.78. The minimum Gasteiger partial charge on any atom is -0.369 e. The van der Waals surface area contributed by atoms with Crippen LogP contribution in [0.2, 0.25) is 0 Å². The summed E-state index contributed by atoms with van der Waals surface area (Å²) in [6.07, 6.45) is 0. The van der Waals surface area contributed by atoms with E-state index in [1.54, 1.807) is 4.90 Å². The highest BCUT2D eigenvalue weighted by Gasteiger charge is 2.36. The van der Waals surface area contributed by atoms with Gasteiger partial charge in [-0.2, -0.15) is 11.8 Å². The lowest BCUT2D eigenvalue weighted by Gasteiger charge is -2.38. The third-order valence-corrected chi connectivity index (χ3v) is 4.94. The zero-order valence-electron chi connectivity index (χ0n) is 12.4. The van der Waals surface area contributed by atoms with Gasteiger partial charge in [0, 0.05) is 31.1 Å². The third kappa shape index (κ3) is 3.44. The standard InChI is InChI=1S/C16H20N2O3S/c19-15-12-21-11-14(16(20)17-6-8-22-9-7-17)18(15)10-13-4-2-1-3-5-13/h1-5,14H,6-12H2/t14-/m0/s1. The minimum absolute atomic E-state index is 0.0179. The van der Waals surface area contributed by atoms with Crippen molar-refractivity contribution < 1.29 is 14.3 Å². The molecule has 2 aliphatic rings. The van der Waals surface area contributed by atoms with Crippen molar-refractivity contribution in [1.82, 2.24) is 9.80 Å². The number of amides is 2. The lowest BCUT2D eigenvalue weighted by atomic mass is 10.1. The quantitative estimate of drug-likeness (QED) is 0.833. The zero-order chi connectivity index (χ0) is 15.4. The summed E-state index contributed by atoms with van der Waals surface area (Å²) in [5, 5.41) is 0. The highest BCUT2D eigenvalue weighted by molar-refractivity contribution is 7.99. The number of ether oxygens (including phenoxy) is 1. The van der Waals surface area contributed by atoms with Gasteiger partial charge < -0.3 is 14.5 Å². The first-order valence-corrected chi connectivity index (χ1v) is 8.69. The average Bonchev–Trinajstić information content (AvgIpc) is 2.58. The maximum Gasteiger partial charge on any atom is 0.249 e. The fraction of sp³-hybridized carbons (Fsp3) is 0.500. The molecule has 5 nitrogen and oxygen atoms in total. The lowest BCUT2D eigenvalue weighted by Crippen LogP contribution is -2.57. The Labute approximate surface area is 134 Å². The van der Waals surface area contributed by atoms with Gasteiger partial charge in [-0.25, -0.2) is 0 Å². The molecule has 6 heteroatoms. The van der Waals surface area contributed by atoms with E-state index >= 15 is 0 Å². The van der Waals surface area contributed by atoms with E-state index in [1.165, 1.54) is 0 Å². The van der Waals surface area contributed by atoms with Crippen molar-refractivity contribution in [3.63, 3.8) is 0 Å². The molecule has 0 aromatic heterocycles. The molecule has 2 amide bonds. The number of carbonyl (C=O) groups excluding carboxylic acids is 2. The van der Waals surface area contributed by atoms with Crippen LogP contribution >= 0.6 is 11.8 Å². The van der Waals surface area contributed by atoms with Crippen LogP contribution in [0.5, 0.6) is 0 Å². The van der Waals surface area contributed by atoms with Crippen molar-refractivity contribution >= 4 is 23.6 Å². The van der Waals surface area contributed by atoms with Crippen LogP contribution in [-0.2, 0) is 20.9 Å². The molecule has 0 aliphatic carbocycles. The molecule has 1 atom stereocenters. The molecule has 0 bridgehead atoms. The summed E-state index contributed by atoms with van der Waals surface area (Å²) in [4.78, 5) is 28.5. The summed E-state index contributed by atoms with van der Waals surface area (Å²) < 4.78 is 5.33. The van der Waals surface area contributed by atoms with Crippen LogP contribution in [0.15, 0.2) is 30.3 Å². The molecule has 0 spiro atoms. The second kappa shape index (κ2) is 7.15. The van der Waals surface area contributed by atoms with Gasteiger partial charge in [-0.1, -0.05) is 30.3 Å². The Morgan fingerprint density at radius 2 is 1.95 bits per heavy atom. The predicted molar refractivity (Wildman–Crippen MR) is 85.5 cm³/mol. The van der Waals surface area contributed by atoms with E-state index in [9.17, 15) is 9.59 Å². The maximum atomic E-state index is 12.7. The highest BCUT2D eigenvalue weighted by Crippen LogP contribution is 2.18. The number of hydrogen-bond acceptors (Lipinski definition) is 4. The minimum atomic E-state index is -0.496. The first-order valence-electron chi connectivity index (χ1n) is 7.53. The smallest absolute Gasteiger partial charge is 0.249 e. The Hall–Kier alpha value is -1.53. The number of nitrogens with zero attached hydrogens (tertiary/aromatic N) is 2. The van der Waals surface area contributed by atoms with E-state index in [2.05, 4.69) is 0 Å². The predicted octanol–water partition coefficient (Wildman–Crippen LogP) is 0.989. The highest BCUT2D eigenvalue weighted by atomic mass is 32.2. The number of rotatable bonds is 3. The first-order chi connectivity index (χ1) is 10.8. The van der Waals surface area contributed by atoms with Crippen molar-refractivity contribution in [2.24, 2.45) is 0 Å². The number of benzene rings is 1. The molecular weight excluding hydrogens is 300 g/mol. The van der Waals surface area contributed by atoms with Crippen LogP contribution in [0.1, 0.15) is 5.56 Å². The SMILES string of the molecule is O=C([C@@H]1COCC(=O)N1Cc1ccccc1)N1CCSCC1. The van der Waals surface area contributed by atoms with Gasteiger partial charge in [0.05, 0.1) is 6.61 Å². The van der Waals surface area contributed by atoms with E-state index < -0.39 is 6.04 Å². The molecule has 2 heterocycles. The molecule has 0 radical (unpaired) electrons. The lowest BCUT2D eigenvalue weighted by molar-refractivity contribution is -0.159. The molecule has 0 unspecified atom stereocenters. The molecule has 118 valence electrons. The molecule has 1 aromatic rings. The van der Waals surface area contributed by atoms with E-state index in [1.807, 2.05) is 47.0 Å². The van der Waals surface area contributed by atoms with Crippen molar-refractivity contribution in [1.29, 1.82) is 0 Å². The summed E-state index contributed by atoms with van der Waals surface area (Å²) in [5.41, 5.74) is 1.03. The van der Waals surface area contributed by atoms with Crippen molar-refractivity contribution in [3.05, 3.63) is 35.9 Å². The maximum absolute atomic E-state index is 12.7. The third-order valence-electron chi connectivity index (χ3n) is 4.00. The van der Waals surface area contributed by atoms with Gasteiger partial charge in [0.1, 0.15) is 12.6 Å². The van der Waals surface area contributed by atoms with Gasteiger partial charge in [0.2, 0.25) is 11.8 Å². The van der Waals surface area contributed by atoms with E-state index in [0.29, 0.717) is 13.2 Å². The molecule has 2 aliphatic heterocycles. The zero-order valence-corrected chi connectivity index (χ0v) is 13.3. The molecule has 22 heavy (non-hydrogen) atoms. The van der Waals surface area contributed by atoms with Crippen LogP contribution < -0.4 is 0 Å². The van der Waals surface area contributed by atoms with Gasteiger partial charge in [-0.05, 0) is 5.56 Å². The topological polar surface area (TPSA) is 49.9 Å². The summed E-state index contributed by atoms with van der Waals surface area (Å²) in [5.74, 6) is 1.84.